The Morgan fingerprint density at radius 2 is 2.05 bits per heavy atom. The summed E-state index contributed by atoms with van der Waals surface area (Å²) in [5.74, 6) is 0.510. The number of nitrogens with two attached hydrogens (primary N) is 2. The molecule has 0 amide bonds. The molecule has 106 valence electrons. The topological polar surface area (TPSA) is 82.0 Å². The Hall–Kier alpha value is -1.42. The summed E-state index contributed by atoms with van der Waals surface area (Å²) in [6, 6.07) is 1.66. The number of Topliss-reactive ketones (excluding diaryl/α,β-unsaturated/α-hetero) is 1. The molecule has 0 aliphatic heterocycles. The molecule has 0 aliphatic rings. The Labute approximate surface area is 115 Å². The minimum atomic E-state index is 0.0665. The summed E-state index contributed by atoms with van der Waals surface area (Å²) in [6.07, 6.45) is 5.43. The number of nitrogen functional groups attached to an aromatic ring is 1. The third-order valence-corrected chi connectivity index (χ3v) is 3.61. The fourth-order valence-electron chi connectivity index (χ4n) is 2.29. The monoisotopic (exact) mass is 263 g/mol. The Morgan fingerprint density at radius 3 is 2.58 bits per heavy atom. The first-order valence-electron chi connectivity index (χ1n) is 6.79. The lowest BCUT2D eigenvalue weighted by Crippen LogP contribution is -2.24. The molecule has 4 nitrogen and oxygen atoms in total. The van der Waals surface area contributed by atoms with Crippen molar-refractivity contribution in [2.24, 2.45) is 17.1 Å². The second kappa shape index (κ2) is 6.66. The summed E-state index contributed by atoms with van der Waals surface area (Å²) in [5.41, 5.74) is 12.6. The average molecular weight is 263 g/mol. The number of anilines is 1. The van der Waals surface area contributed by atoms with Crippen LogP contribution in [0.5, 0.6) is 0 Å². The molecule has 0 bridgehead atoms. The van der Waals surface area contributed by atoms with E-state index < -0.39 is 0 Å². The average Bonchev–Trinajstić information content (AvgIpc) is 2.33. The zero-order valence-electron chi connectivity index (χ0n) is 12.1. The van der Waals surface area contributed by atoms with E-state index in [-0.39, 0.29) is 11.2 Å². The van der Waals surface area contributed by atoms with Gasteiger partial charge in [-0.25, -0.2) is 0 Å². The molecular weight excluding hydrogens is 238 g/mol. The van der Waals surface area contributed by atoms with Crippen LogP contribution in [-0.4, -0.2) is 17.3 Å². The maximum Gasteiger partial charge on any atom is 0.166 e. The minimum absolute atomic E-state index is 0.0665. The Bertz CT molecular complexity index is 424. The first-order chi connectivity index (χ1) is 8.86. The fourth-order valence-corrected chi connectivity index (χ4v) is 2.29. The van der Waals surface area contributed by atoms with Crippen molar-refractivity contribution in [1.29, 1.82) is 0 Å². The molecule has 1 aromatic heterocycles. The lowest BCUT2D eigenvalue weighted by molar-refractivity contribution is 0.0958. The van der Waals surface area contributed by atoms with Crippen LogP contribution in [0.2, 0.25) is 0 Å². The third-order valence-electron chi connectivity index (χ3n) is 3.61. The van der Waals surface area contributed by atoms with E-state index in [4.69, 9.17) is 11.5 Å². The number of carbonyl (C=O) groups is 1. The Balaban J connectivity index is 2.65. The number of pyridine rings is 1. The van der Waals surface area contributed by atoms with Gasteiger partial charge in [0.2, 0.25) is 0 Å². The summed E-state index contributed by atoms with van der Waals surface area (Å²) in [6.45, 7) is 7.23. The van der Waals surface area contributed by atoms with Gasteiger partial charge >= 0.3 is 0 Å². The van der Waals surface area contributed by atoms with E-state index >= 15 is 0 Å². The highest BCUT2D eigenvalue weighted by molar-refractivity contribution is 6.00. The van der Waals surface area contributed by atoms with Crippen molar-refractivity contribution in [2.45, 2.75) is 40.0 Å². The van der Waals surface area contributed by atoms with Gasteiger partial charge in [-0.15, -0.1) is 0 Å². The van der Waals surface area contributed by atoms with Crippen LogP contribution in [0.15, 0.2) is 18.5 Å². The second-order valence-corrected chi connectivity index (χ2v) is 6.07. The van der Waals surface area contributed by atoms with Gasteiger partial charge in [-0.2, -0.15) is 0 Å². The van der Waals surface area contributed by atoms with Crippen molar-refractivity contribution in [2.75, 3.05) is 12.3 Å². The van der Waals surface area contributed by atoms with Crippen molar-refractivity contribution < 1.29 is 4.79 Å². The molecule has 1 rings (SSSR count). The van der Waals surface area contributed by atoms with E-state index in [0.717, 1.165) is 12.8 Å². The number of hydrogen-bond acceptors (Lipinski definition) is 4. The van der Waals surface area contributed by atoms with Gasteiger partial charge in [0, 0.05) is 24.5 Å². The number of hydrogen-bond donors (Lipinski definition) is 2. The predicted octanol–water partition coefficient (Wildman–Crippen LogP) is 2.64. The van der Waals surface area contributed by atoms with Crippen molar-refractivity contribution in [3.8, 4) is 0 Å². The maximum absolute atomic E-state index is 12.1. The summed E-state index contributed by atoms with van der Waals surface area (Å²) < 4.78 is 0. The highest BCUT2D eigenvalue weighted by Crippen LogP contribution is 2.32. The summed E-state index contributed by atoms with van der Waals surface area (Å²) in [5, 5.41) is 0. The van der Waals surface area contributed by atoms with Crippen molar-refractivity contribution in [3.63, 3.8) is 0 Å². The van der Waals surface area contributed by atoms with E-state index in [2.05, 4.69) is 25.8 Å². The van der Waals surface area contributed by atoms with Crippen LogP contribution in [0, 0.1) is 11.3 Å². The lowest BCUT2D eigenvalue weighted by Gasteiger charge is -2.30. The van der Waals surface area contributed by atoms with Crippen LogP contribution in [0.4, 0.5) is 5.69 Å². The normalized spacial score (nSPS) is 13.3. The number of carbonyl (C=O) groups excluding carboxylic acids is 1. The molecule has 0 fully saturated rings. The molecule has 1 heterocycles. The molecule has 0 saturated carbocycles. The van der Waals surface area contributed by atoms with Crippen LogP contribution in [0.1, 0.15) is 50.4 Å². The zero-order valence-corrected chi connectivity index (χ0v) is 12.1. The second-order valence-electron chi connectivity index (χ2n) is 6.07. The number of rotatable bonds is 6. The quantitative estimate of drug-likeness (QED) is 0.773. The minimum Gasteiger partial charge on any atom is -0.398 e. The predicted molar refractivity (Wildman–Crippen MR) is 78.8 cm³/mol. The molecule has 0 aliphatic carbocycles. The van der Waals surface area contributed by atoms with E-state index in [1.807, 2.05) is 0 Å². The Morgan fingerprint density at radius 1 is 1.37 bits per heavy atom. The molecule has 1 atom stereocenters. The molecule has 4 N–H and O–H groups in total. The molecule has 1 unspecified atom stereocenters. The summed E-state index contributed by atoms with van der Waals surface area (Å²) in [4.78, 5) is 16.1. The molecule has 19 heavy (non-hydrogen) atoms. The first-order valence-corrected chi connectivity index (χ1v) is 6.79. The molecule has 0 spiro atoms. The number of ketones is 1. The van der Waals surface area contributed by atoms with E-state index in [1.165, 1.54) is 0 Å². The fraction of sp³-hybridized carbons (Fsp3) is 0.600. The van der Waals surface area contributed by atoms with Crippen molar-refractivity contribution in [3.05, 3.63) is 24.0 Å². The maximum atomic E-state index is 12.1. The highest BCUT2D eigenvalue weighted by atomic mass is 16.1. The molecule has 0 radical (unpaired) electrons. The van der Waals surface area contributed by atoms with Crippen LogP contribution < -0.4 is 11.5 Å². The van der Waals surface area contributed by atoms with Gasteiger partial charge in [0.1, 0.15) is 0 Å². The largest absolute Gasteiger partial charge is 0.398 e. The van der Waals surface area contributed by atoms with Crippen LogP contribution in [-0.2, 0) is 0 Å². The van der Waals surface area contributed by atoms with Gasteiger partial charge in [0.15, 0.2) is 5.78 Å². The molecule has 0 aromatic carbocycles. The third kappa shape index (κ3) is 4.63. The first kappa shape index (κ1) is 15.6. The van der Waals surface area contributed by atoms with Crippen molar-refractivity contribution in [1.82, 2.24) is 4.98 Å². The zero-order chi connectivity index (χ0) is 14.5. The van der Waals surface area contributed by atoms with E-state index in [0.29, 0.717) is 30.1 Å². The van der Waals surface area contributed by atoms with Gasteiger partial charge < -0.3 is 11.5 Å². The van der Waals surface area contributed by atoms with Crippen LogP contribution in [0.25, 0.3) is 0 Å². The van der Waals surface area contributed by atoms with Gasteiger partial charge in [0.05, 0.1) is 5.56 Å². The van der Waals surface area contributed by atoms with E-state index in [1.54, 1.807) is 18.5 Å². The van der Waals surface area contributed by atoms with Gasteiger partial charge in [-0.05, 0) is 36.8 Å². The lowest BCUT2D eigenvalue weighted by atomic mass is 9.76. The SMILES string of the molecule is CC(C)(C)C(CCN)CCC(=O)c1cnccc1N. The molecule has 0 saturated heterocycles. The van der Waals surface area contributed by atoms with E-state index in [9.17, 15) is 4.79 Å². The van der Waals surface area contributed by atoms with Gasteiger partial charge in [0.25, 0.3) is 0 Å². The molecular formula is C15H25N3O. The number of aromatic nitrogens is 1. The van der Waals surface area contributed by atoms with Gasteiger partial charge in [-0.1, -0.05) is 20.8 Å². The van der Waals surface area contributed by atoms with Crippen LogP contribution >= 0.6 is 0 Å². The standard InChI is InChI=1S/C15H25N3O/c1-15(2,3)11(6-8-16)4-5-14(19)12-10-18-9-7-13(12)17/h7,9-11H,4-6,8,16H2,1-3H3,(H2,17,18). The molecule has 1 aromatic rings. The Kier molecular flexibility index (Phi) is 5.48. The summed E-state index contributed by atoms with van der Waals surface area (Å²) in [7, 11) is 0. The smallest absolute Gasteiger partial charge is 0.166 e. The van der Waals surface area contributed by atoms with Gasteiger partial charge in [-0.3, -0.25) is 9.78 Å². The summed E-state index contributed by atoms with van der Waals surface area (Å²) >= 11 is 0. The number of nitrogens with zero attached hydrogens (tertiary/aromatic N) is 1. The highest BCUT2D eigenvalue weighted by Gasteiger charge is 2.24. The van der Waals surface area contributed by atoms with Crippen LogP contribution in [0.3, 0.4) is 0 Å². The van der Waals surface area contributed by atoms with Crippen molar-refractivity contribution >= 4 is 11.5 Å². The molecule has 4 heteroatoms.